The van der Waals surface area contributed by atoms with Gasteiger partial charge < -0.3 is 14.5 Å². The molecule has 0 bridgehead atoms. The largest absolute Gasteiger partial charge is 0.544 e. The van der Waals surface area contributed by atoms with Crippen LogP contribution in [0.5, 0.6) is 5.75 Å². The van der Waals surface area contributed by atoms with Crippen molar-refractivity contribution < 1.29 is 23.5 Å². The van der Waals surface area contributed by atoms with Crippen LogP contribution in [0.4, 0.5) is 4.79 Å². The van der Waals surface area contributed by atoms with Crippen LogP contribution in [0.15, 0.2) is 48.5 Å². The predicted octanol–water partition coefficient (Wildman–Crippen LogP) is 5.80. The molecule has 2 aromatic rings. The minimum Gasteiger partial charge on any atom is -0.544 e. The van der Waals surface area contributed by atoms with Crippen LogP contribution in [0, 0.1) is 0 Å². The molecule has 0 saturated heterocycles. The van der Waals surface area contributed by atoms with E-state index in [1.165, 1.54) is 4.90 Å². The highest BCUT2D eigenvalue weighted by Gasteiger charge is 2.39. The van der Waals surface area contributed by atoms with Crippen molar-refractivity contribution in [2.45, 2.75) is 77.7 Å². The van der Waals surface area contributed by atoms with Gasteiger partial charge >= 0.3 is 6.09 Å². The minimum absolute atomic E-state index is 0.0355. The lowest BCUT2D eigenvalue weighted by Crippen LogP contribution is -2.48. The maximum absolute atomic E-state index is 12.9. The Morgan fingerprint density at radius 2 is 1.44 bits per heavy atom. The molecule has 0 unspecified atom stereocenters. The molecule has 0 saturated carbocycles. The monoisotopic (exact) mass is 510 g/mol. The van der Waals surface area contributed by atoms with E-state index in [0.717, 1.165) is 11.3 Å². The van der Waals surface area contributed by atoms with Crippen molar-refractivity contribution in [3.8, 4) is 5.75 Å². The summed E-state index contributed by atoms with van der Waals surface area (Å²) in [7, 11) is -1.97. The number of carbonyl (C=O) groups is 3. The molecular formula is C28H38N2O5Si. The van der Waals surface area contributed by atoms with Crippen molar-refractivity contribution in [2.24, 2.45) is 0 Å². The maximum Gasteiger partial charge on any atom is 0.407 e. The van der Waals surface area contributed by atoms with Crippen LogP contribution in [0.25, 0.3) is 0 Å². The summed E-state index contributed by atoms with van der Waals surface area (Å²) in [5.41, 5.74) is 1.03. The molecule has 36 heavy (non-hydrogen) atoms. The van der Waals surface area contributed by atoms with E-state index in [2.05, 4.69) is 39.2 Å². The van der Waals surface area contributed by atoms with Crippen LogP contribution in [0.2, 0.25) is 18.1 Å². The zero-order chi connectivity index (χ0) is 26.9. The second-order valence-corrected chi connectivity index (χ2v) is 16.5. The van der Waals surface area contributed by atoms with E-state index in [0.29, 0.717) is 17.5 Å². The van der Waals surface area contributed by atoms with Gasteiger partial charge in [-0.3, -0.25) is 14.5 Å². The second-order valence-electron chi connectivity index (χ2n) is 11.8. The van der Waals surface area contributed by atoms with Gasteiger partial charge in [-0.25, -0.2) is 4.79 Å². The van der Waals surface area contributed by atoms with Crippen molar-refractivity contribution >= 4 is 26.2 Å². The summed E-state index contributed by atoms with van der Waals surface area (Å²) in [5, 5.41) is 2.94. The first-order valence-corrected chi connectivity index (χ1v) is 15.2. The zero-order valence-corrected chi connectivity index (χ0v) is 23.6. The molecule has 3 amide bonds. The number of ether oxygens (including phenoxy) is 1. The number of alkyl carbamates (subject to hydrolysis) is 1. The van der Waals surface area contributed by atoms with Crippen molar-refractivity contribution in [1.82, 2.24) is 10.2 Å². The molecule has 1 atom stereocenters. The van der Waals surface area contributed by atoms with Gasteiger partial charge in [0.15, 0.2) is 0 Å². The van der Waals surface area contributed by atoms with Crippen LogP contribution in [-0.4, -0.2) is 49.3 Å². The Hall–Kier alpha value is -3.13. The van der Waals surface area contributed by atoms with Gasteiger partial charge in [-0.15, -0.1) is 0 Å². The molecule has 194 valence electrons. The molecule has 0 aliphatic carbocycles. The second kappa shape index (κ2) is 10.1. The molecular weight excluding hydrogens is 472 g/mol. The van der Waals surface area contributed by atoms with Gasteiger partial charge in [0.05, 0.1) is 23.7 Å². The van der Waals surface area contributed by atoms with Gasteiger partial charge in [0.1, 0.15) is 11.4 Å². The molecule has 1 aliphatic heterocycles. The Morgan fingerprint density at radius 3 is 1.92 bits per heavy atom. The zero-order valence-electron chi connectivity index (χ0n) is 22.6. The fourth-order valence-electron chi connectivity index (χ4n) is 3.69. The SMILES string of the molecule is CC(C)(C)OC(=O)N[C@@H](Cc1ccc(O[Si](C)(C)C(C)(C)C)cc1)CN1C(=O)c2ccccc2C1=O. The summed E-state index contributed by atoms with van der Waals surface area (Å²) in [6, 6.07) is 14.0. The number of nitrogens with one attached hydrogen (secondary N) is 1. The fourth-order valence-corrected chi connectivity index (χ4v) is 4.72. The lowest BCUT2D eigenvalue weighted by Gasteiger charge is -2.36. The van der Waals surface area contributed by atoms with Gasteiger partial charge in [0.2, 0.25) is 8.32 Å². The van der Waals surface area contributed by atoms with E-state index in [1.54, 1.807) is 45.0 Å². The Bertz CT molecular complexity index is 1090. The molecule has 7 nitrogen and oxygen atoms in total. The highest BCUT2D eigenvalue weighted by atomic mass is 28.4. The van der Waals surface area contributed by atoms with Crippen LogP contribution in [0.1, 0.15) is 67.8 Å². The third-order valence-electron chi connectivity index (χ3n) is 6.59. The lowest BCUT2D eigenvalue weighted by molar-refractivity contribution is 0.0468. The smallest absolute Gasteiger partial charge is 0.407 e. The number of amides is 3. The topological polar surface area (TPSA) is 84.9 Å². The number of fused-ring (bicyclic) bond motifs is 1. The Kier molecular flexibility index (Phi) is 7.69. The van der Waals surface area contributed by atoms with Gasteiger partial charge in [0, 0.05) is 0 Å². The molecule has 0 spiro atoms. The summed E-state index contributed by atoms with van der Waals surface area (Å²) < 4.78 is 11.8. The highest BCUT2D eigenvalue weighted by molar-refractivity contribution is 6.74. The number of carbonyl (C=O) groups excluding carboxylic acids is 3. The summed E-state index contributed by atoms with van der Waals surface area (Å²) in [6.45, 7) is 16.4. The van der Waals surface area contributed by atoms with Gasteiger partial charge in [-0.05, 0) is 75.2 Å². The molecule has 1 N–H and O–H groups in total. The average molecular weight is 511 g/mol. The third kappa shape index (κ3) is 6.54. The standard InChI is InChI=1S/C28H38N2O5Si/c1-27(2,3)34-26(33)29-20(18-30-24(31)22-11-9-10-12-23(22)25(30)32)17-19-13-15-21(16-14-19)35-36(7,8)28(4,5)6/h9-16,20H,17-18H2,1-8H3,(H,29,33)/t20-/m0/s1. The number of benzene rings is 2. The highest BCUT2D eigenvalue weighted by Crippen LogP contribution is 2.37. The number of imide groups is 1. The summed E-state index contributed by atoms with van der Waals surface area (Å²) in [5.74, 6) is 0.0942. The Labute approximate surface area is 215 Å². The minimum atomic E-state index is -1.97. The van der Waals surface area contributed by atoms with Gasteiger partial charge in [-0.2, -0.15) is 0 Å². The van der Waals surface area contributed by atoms with Gasteiger partial charge in [0.25, 0.3) is 11.8 Å². The van der Waals surface area contributed by atoms with E-state index in [9.17, 15) is 14.4 Å². The number of hydrogen-bond donors (Lipinski definition) is 1. The molecule has 3 rings (SSSR count). The van der Waals surface area contributed by atoms with Crippen LogP contribution >= 0.6 is 0 Å². The van der Waals surface area contributed by atoms with Crippen molar-refractivity contribution in [3.63, 3.8) is 0 Å². The third-order valence-corrected chi connectivity index (χ3v) is 10.9. The molecule has 2 aromatic carbocycles. The van der Waals surface area contributed by atoms with Crippen molar-refractivity contribution in [1.29, 1.82) is 0 Å². The number of hydrogen-bond acceptors (Lipinski definition) is 5. The molecule has 0 radical (unpaired) electrons. The van der Waals surface area contributed by atoms with E-state index < -0.39 is 26.1 Å². The first-order chi connectivity index (χ1) is 16.6. The van der Waals surface area contributed by atoms with Crippen molar-refractivity contribution in [2.75, 3.05) is 6.54 Å². The summed E-state index contributed by atoms with van der Waals surface area (Å²) >= 11 is 0. The molecule has 0 aromatic heterocycles. The first-order valence-electron chi connectivity index (χ1n) is 12.3. The van der Waals surface area contributed by atoms with Crippen LogP contribution in [0.3, 0.4) is 0 Å². The lowest BCUT2D eigenvalue weighted by atomic mass is 10.1. The number of rotatable bonds is 7. The first kappa shape index (κ1) is 27.5. The Balaban J connectivity index is 1.78. The van der Waals surface area contributed by atoms with E-state index in [-0.39, 0.29) is 23.4 Å². The Morgan fingerprint density at radius 1 is 0.917 bits per heavy atom. The van der Waals surface area contributed by atoms with E-state index >= 15 is 0 Å². The normalized spacial score (nSPS) is 14.9. The molecule has 0 fully saturated rings. The summed E-state index contributed by atoms with van der Waals surface area (Å²) in [6.07, 6.45) is -0.186. The maximum atomic E-state index is 12.9. The van der Waals surface area contributed by atoms with Gasteiger partial charge in [-0.1, -0.05) is 45.0 Å². The van der Waals surface area contributed by atoms with E-state index in [4.69, 9.17) is 9.16 Å². The fraction of sp³-hybridized carbons (Fsp3) is 0.464. The molecule has 8 heteroatoms. The predicted molar refractivity (Wildman–Crippen MR) is 143 cm³/mol. The summed E-state index contributed by atoms with van der Waals surface area (Å²) in [4.78, 5) is 39.6. The molecule has 1 aliphatic rings. The van der Waals surface area contributed by atoms with Crippen LogP contribution in [-0.2, 0) is 11.2 Å². The van der Waals surface area contributed by atoms with Crippen molar-refractivity contribution in [3.05, 3.63) is 65.2 Å². The average Bonchev–Trinajstić information content (AvgIpc) is 2.98. The number of nitrogens with zero attached hydrogens (tertiary/aromatic N) is 1. The van der Waals surface area contributed by atoms with E-state index in [1.807, 2.05) is 24.3 Å². The quantitative estimate of drug-likeness (QED) is 0.376. The van der Waals surface area contributed by atoms with Crippen LogP contribution < -0.4 is 9.74 Å². The molecule has 1 heterocycles.